The van der Waals surface area contributed by atoms with Crippen molar-refractivity contribution in [3.05, 3.63) is 34.9 Å². The van der Waals surface area contributed by atoms with Crippen LogP contribution in [0.5, 0.6) is 0 Å². The summed E-state index contributed by atoms with van der Waals surface area (Å²) >= 11 is 5.83. The number of hydrogen-bond acceptors (Lipinski definition) is 2. The van der Waals surface area contributed by atoms with E-state index in [0.29, 0.717) is 11.6 Å². The summed E-state index contributed by atoms with van der Waals surface area (Å²) in [5.41, 5.74) is 0.720. The number of benzene rings is 1. The molecule has 0 aliphatic rings. The Balaban J connectivity index is 2.91. The van der Waals surface area contributed by atoms with Crippen molar-refractivity contribution in [2.24, 2.45) is 5.41 Å². The molecule has 0 heterocycles. The van der Waals surface area contributed by atoms with Gasteiger partial charge >= 0.3 is 0 Å². The molecule has 0 fully saturated rings. The van der Waals surface area contributed by atoms with E-state index in [1.54, 1.807) is 12.1 Å². The van der Waals surface area contributed by atoms with Gasteiger partial charge in [0.1, 0.15) is 6.10 Å². The van der Waals surface area contributed by atoms with Crippen molar-refractivity contribution >= 4 is 11.6 Å². The van der Waals surface area contributed by atoms with Crippen LogP contribution >= 0.6 is 11.6 Å². The standard InChI is InChI=1S/C14H21ClO2/c1-5-17-13(14(2,3)4)12(16)10-6-8-11(15)9-7-10/h6-9,12-13,16H,5H2,1-4H3. The lowest BCUT2D eigenvalue weighted by atomic mass is 9.83. The first-order valence-corrected chi connectivity index (χ1v) is 6.29. The minimum atomic E-state index is -0.632. The first-order chi connectivity index (χ1) is 7.86. The molecule has 0 aromatic heterocycles. The summed E-state index contributed by atoms with van der Waals surface area (Å²) in [5, 5.41) is 11.0. The molecule has 1 N–H and O–H groups in total. The molecule has 2 atom stereocenters. The van der Waals surface area contributed by atoms with Gasteiger partial charge in [-0.05, 0) is 30.0 Å². The maximum atomic E-state index is 10.4. The molecule has 0 bridgehead atoms. The number of halogens is 1. The fourth-order valence-electron chi connectivity index (χ4n) is 1.83. The molecule has 1 aromatic rings. The summed E-state index contributed by atoms with van der Waals surface area (Å²) < 4.78 is 5.67. The van der Waals surface area contributed by atoms with E-state index in [4.69, 9.17) is 16.3 Å². The van der Waals surface area contributed by atoms with E-state index >= 15 is 0 Å². The van der Waals surface area contributed by atoms with Crippen LogP contribution in [0.25, 0.3) is 0 Å². The van der Waals surface area contributed by atoms with Crippen LogP contribution in [0.1, 0.15) is 39.4 Å². The third kappa shape index (κ3) is 3.98. The maximum absolute atomic E-state index is 10.4. The number of rotatable bonds is 4. The van der Waals surface area contributed by atoms with Crippen molar-refractivity contribution < 1.29 is 9.84 Å². The summed E-state index contributed by atoms with van der Waals surface area (Å²) in [7, 11) is 0. The number of hydrogen-bond donors (Lipinski definition) is 1. The van der Waals surface area contributed by atoms with Gasteiger partial charge in [-0.1, -0.05) is 44.5 Å². The largest absolute Gasteiger partial charge is 0.386 e. The lowest BCUT2D eigenvalue weighted by Gasteiger charge is -2.34. The Bertz CT molecular complexity index is 340. The van der Waals surface area contributed by atoms with Crippen molar-refractivity contribution in [1.29, 1.82) is 0 Å². The summed E-state index contributed by atoms with van der Waals surface area (Å²) in [5.74, 6) is 0. The van der Waals surface area contributed by atoms with Crippen LogP contribution in [-0.4, -0.2) is 17.8 Å². The molecule has 0 spiro atoms. The van der Waals surface area contributed by atoms with E-state index in [-0.39, 0.29) is 11.5 Å². The molecule has 2 unspecified atom stereocenters. The molecule has 0 saturated heterocycles. The highest BCUT2D eigenvalue weighted by atomic mass is 35.5. The Hall–Kier alpha value is -0.570. The van der Waals surface area contributed by atoms with Crippen molar-refractivity contribution in [2.45, 2.75) is 39.9 Å². The van der Waals surface area contributed by atoms with Crippen LogP contribution < -0.4 is 0 Å². The summed E-state index contributed by atoms with van der Waals surface area (Å²) in [6.07, 6.45) is -0.860. The third-order valence-corrected chi connectivity index (χ3v) is 2.95. The van der Waals surface area contributed by atoms with Crippen molar-refractivity contribution in [1.82, 2.24) is 0 Å². The van der Waals surface area contributed by atoms with E-state index in [1.165, 1.54) is 0 Å². The van der Waals surface area contributed by atoms with Crippen molar-refractivity contribution in [2.75, 3.05) is 6.61 Å². The lowest BCUT2D eigenvalue weighted by molar-refractivity contribution is -0.0898. The van der Waals surface area contributed by atoms with E-state index in [9.17, 15) is 5.11 Å². The van der Waals surface area contributed by atoms with Gasteiger partial charge in [-0.3, -0.25) is 0 Å². The number of aliphatic hydroxyl groups is 1. The highest BCUT2D eigenvalue weighted by molar-refractivity contribution is 6.30. The average molecular weight is 257 g/mol. The minimum absolute atomic E-state index is 0.116. The molecule has 0 aliphatic carbocycles. The number of aliphatic hydroxyl groups excluding tert-OH is 1. The molecule has 96 valence electrons. The van der Waals surface area contributed by atoms with Crippen LogP contribution in [-0.2, 0) is 4.74 Å². The SMILES string of the molecule is CCOC(C(O)c1ccc(Cl)cc1)C(C)(C)C. The van der Waals surface area contributed by atoms with Gasteiger partial charge in [-0.15, -0.1) is 0 Å². The van der Waals surface area contributed by atoms with Gasteiger partial charge < -0.3 is 9.84 Å². The molecule has 17 heavy (non-hydrogen) atoms. The lowest BCUT2D eigenvalue weighted by Crippen LogP contribution is -2.35. The van der Waals surface area contributed by atoms with Gasteiger partial charge in [0.25, 0.3) is 0 Å². The monoisotopic (exact) mass is 256 g/mol. The van der Waals surface area contributed by atoms with Crippen LogP contribution in [0, 0.1) is 5.41 Å². The topological polar surface area (TPSA) is 29.5 Å². The molecule has 0 amide bonds. The summed E-state index contributed by atoms with van der Waals surface area (Å²) in [6.45, 7) is 8.71. The van der Waals surface area contributed by atoms with E-state index in [2.05, 4.69) is 20.8 Å². The summed E-state index contributed by atoms with van der Waals surface area (Å²) in [6, 6.07) is 7.24. The first kappa shape index (κ1) is 14.5. The highest BCUT2D eigenvalue weighted by Gasteiger charge is 2.32. The first-order valence-electron chi connectivity index (χ1n) is 5.91. The van der Waals surface area contributed by atoms with Gasteiger partial charge in [0.05, 0.1) is 6.10 Å². The van der Waals surface area contributed by atoms with Gasteiger partial charge in [0.15, 0.2) is 0 Å². The van der Waals surface area contributed by atoms with Gasteiger partial charge in [-0.2, -0.15) is 0 Å². The maximum Gasteiger partial charge on any atom is 0.106 e. The fourth-order valence-corrected chi connectivity index (χ4v) is 1.96. The van der Waals surface area contributed by atoms with Gasteiger partial charge in [0.2, 0.25) is 0 Å². The second-order valence-electron chi connectivity index (χ2n) is 5.24. The van der Waals surface area contributed by atoms with E-state index < -0.39 is 6.10 Å². The summed E-state index contributed by atoms with van der Waals surface area (Å²) in [4.78, 5) is 0. The fraction of sp³-hybridized carbons (Fsp3) is 0.571. The van der Waals surface area contributed by atoms with Crippen LogP contribution in [0.15, 0.2) is 24.3 Å². The zero-order valence-electron chi connectivity index (χ0n) is 10.9. The molecular formula is C14H21ClO2. The minimum Gasteiger partial charge on any atom is -0.386 e. The van der Waals surface area contributed by atoms with Crippen LogP contribution in [0.3, 0.4) is 0 Å². The molecule has 3 heteroatoms. The Morgan fingerprint density at radius 1 is 1.24 bits per heavy atom. The second-order valence-corrected chi connectivity index (χ2v) is 5.67. The van der Waals surface area contributed by atoms with Gasteiger partial charge in [-0.25, -0.2) is 0 Å². The molecule has 0 radical (unpaired) electrons. The third-order valence-electron chi connectivity index (χ3n) is 2.70. The van der Waals surface area contributed by atoms with E-state index in [0.717, 1.165) is 5.56 Å². The predicted molar refractivity (Wildman–Crippen MR) is 71.3 cm³/mol. The second kappa shape index (κ2) is 5.85. The highest BCUT2D eigenvalue weighted by Crippen LogP contribution is 2.33. The van der Waals surface area contributed by atoms with Crippen LogP contribution in [0.2, 0.25) is 5.02 Å². The molecule has 2 nitrogen and oxygen atoms in total. The quantitative estimate of drug-likeness (QED) is 0.887. The van der Waals surface area contributed by atoms with Crippen molar-refractivity contribution in [3.63, 3.8) is 0 Å². The Morgan fingerprint density at radius 3 is 2.18 bits per heavy atom. The molecule has 1 aromatic carbocycles. The predicted octanol–water partition coefficient (Wildman–Crippen LogP) is 3.82. The zero-order valence-corrected chi connectivity index (χ0v) is 11.7. The zero-order chi connectivity index (χ0) is 13.1. The number of ether oxygens (including phenoxy) is 1. The van der Waals surface area contributed by atoms with Crippen LogP contribution in [0.4, 0.5) is 0 Å². The Kier molecular flexibility index (Phi) is 4.99. The normalized spacial score (nSPS) is 15.6. The Morgan fingerprint density at radius 2 is 1.76 bits per heavy atom. The average Bonchev–Trinajstić information content (AvgIpc) is 2.24. The Labute approximate surface area is 109 Å². The molecule has 0 saturated carbocycles. The van der Waals surface area contributed by atoms with Gasteiger partial charge in [0, 0.05) is 11.6 Å². The molecular weight excluding hydrogens is 236 g/mol. The van der Waals surface area contributed by atoms with E-state index in [1.807, 2.05) is 19.1 Å². The molecule has 0 aliphatic heterocycles. The smallest absolute Gasteiger partial charge is 0.106 e. The van der Waals surface area contributed by atoms with Crippen molar-refractivity contribution in [3.8, 4) is 0 Å². The molecule has 1 rings (SSSR count).